The van der Waals surface area contributed by atoms with Gasteiger partial charge in [-0.15, -0.1) is 0 Å². The van der Waals surface area contributed by atoms with E-state index < -0.39 is 0 Å². The second kappa shape index (κ2) is 13.9. The van der Waals surface area contributed by atoms with E-state index in [1.807, 2.05) is 6.07 Å². The number of para-hydroxylation sites is 4. The highest BCUT2D eigenvalue weighted by atomic mass is 15.4. The molecule has 0 saturated heterocycles. The molecule has 0 aliphatic carbocycles. The van der Waals surface area contributed by atoms with Crippen LogP contribution in [0.1, 0.15) is 27.8 Å². The van der Waals surface area contributed by atoms with Crippen molar-refractivity contribution >= 4 is 55.7 Å². The average molecular weight is 718 g/mol. The first-order chi connectivity index (χ1) is 27.7. The highest BCUT2D eigenvalue weighted by Crippen LogP contribution is 2.46. The van der Waals surface area contributed by atoms with Crippen molar-refractivity contribution in [3.63, 3.8) is 0 Å². The van der Waals surface area contributed by atoms with E-state index in [2.05, 4.69) is 202 Å². The Morgan fingerprint density at radius 3 is 1.73 bits per heavy atom. The molecule has 1 aliphatic rings. The standard InChI is InChI=1S/C51H35N5/c52-34-36-29-30-53-49(31-36)56-45-24-11-10-23-43(45)44-28-27-40(33-48(44)56)51(50(37-15-4-1-5-16-37)38-17-6-2-7-18-38)39-19-14-22-42(32-39)55-35-54(41-20-8-3-9-21-41)46-25-12-13-26-47(46)55/h1-33H,35H2. The first kappa shape index (κ1) is 32.9. The van der Waals surface area contributed by atoms with Gasteiger partial charge < -0.3 is 9.80 Å². The molecule has 2 aromatic heterocycles. The lowest BCUT2D eigenvalue weighted by Gasteiger charge is -2.24. The van der Waals surface area contributed by atoms with Crippen LogP contribution in [0, 0.1) is 11.3 Å². The van der Waals surface area contributed by atoms with Crippen LogP contribution in [0.4, 0.5) is 22.7 Å². The van der Waals surface area contributed by atoms with Gasteiger partial charge in [0, 0.05) is 28.3 Å². The van der Waals surface area contributed by atoms with Crippen molar-refractivity contribution in [3.8, 4) is 11.9 Å². The van der Waals surface area contributed by atoms with Gasteiger partial charge in [0.15, 0.2) is 0 Å². The van der Waals surface area contributed by atoms with Crippen LogP contribution >= 0.6 is 0 Å². The fourth-order valence-corrected chi connectivity index (χ4v) is 8.20. The van der Waals surface area contributed by atoms with Crippen molar-refractivity contribution in [3.05, 3.63) is 228 Å². The second-order valence-corrected chi connectivity index (χ2v) is 14.0. The maximum absolute atomic E-state index is 9.84. The van der Waals surface area contributed by atoms with Crippen LogP contribution in [-0.2, 0) is 0 Å². The molecule has 0 fully saturated rings. The van der Waals surface area contributed by atoms with Crippen molar-refractivity contribution in [2.24, 2.45) is 0 Å². The summed E-state index contributed by atoms with van der Waals surface area (Å²) in [6, 6.07) is 70.8. The van der Waals surface area contributed by atoms with Gasteiger partial charge in [-0.1, -0.05) is 133 Å². The maximum atomic E-state index is 9.84. The molecular formula is C51H35N5. The van der Waals surface area contributed by atoms with E-state index in [9.17, 15) is 5.26 Å². The molecule has 5 heteroatoms. The SMILES string of the molecule is N#Cc1ccnc(-n2c3ccccc3c3ccc(C(=C(c4ccccc4)c4ccccc4)c4cccc(N5CN(c6ccccc6)c6ccccc65)c4)cc32)c1. The molecule has 0 bridgehead atoms. The Kier molecular flexibility index (Phi) is 8.20. The summed E-state index contributed by atoms with van der Waals surface area (Å²) < 4.78 is 2.19. The van der Waals surface area contributed by atoms with E-state index in [-0.39, 0.29) is 0 Å². The first-order valence-electron chi connectivity index (χ1n) is 18.8. The Balaban J connectivity index is 1.23. The molecule has 56 heavy (non-hydrogen) atoms. The number of nitriles is 1. The molecule has 7 aromatic carbocycles. The van der Waals surface area contributed by atoms with E-state index in [1.54, 1.807) is 12.3 Å². The smallest absolute Gasteiger partial charge is 0.138 e. The molecule has 5 nitrogen and oxygen atoms in total. The number of fused-ring (bicyclic) bond motifs is 4. The van der Waals surface area contributed by atoms with E-state index in [1.165, 1.54) is 11.4 Å². The number of aromatic nitrogens is 2. The minimum Gasteiger partial charge on any atom is -0.321 e. The number of hydrogen-bond donors (Lipinski definition) is 0. The molecule has 9 aromatic rings. The van der Waals surface area contributed by atoms with Crippen LogP contribution in [0.25, 0.3) is 38.8 Å². The van der Waals surface area contributed by atoms with Gasteiger partial charge >= 0.3 is 0 Å². The Morgan fingerprint density at radius 1 is 0.464 bits per heavy atom. The molecule has 0 amide bonds. The van der Waals surface area contributed by atoms with Gasteiger partial charge in [0.1, 0.15) is 12.5 Å². The van der Waals surface area contributed by atoms with Crippen LogP contribution in [0.5, 0.6) is 0 Å². The van der Waals surface area contributed by atoms with E-state index in [4.69, 9.17) is 4.98 Å². The monoisotopic (exact) mass is 717 g/mol. The van der Waals surface area contributed by atoms with Crippen molar-refractivity contribution in [2.45, 2.75) is 0 Å². The normalized spacial score (nSPS) is 12.1. The van der Waals surface area contributed by atoms with Crippen LogP contribution in [0.3, 0.4) is 0 Å². The van der Waals surface area contributed by atoms with Gasteiger partial charge in [-0.3, -0.25) is 4.57 Å². The highest BCUT2D eigenvalue weighted by molar-refractivity contribution is 6.12. The molecular weight excluding hydrogens is 683 g/mol. The number of nitrogens with zero attached hydrogens (tertiary/aromatic N) is 5. The summed E-state index contributed by atoms with van der Waals surface area (Å²) in [4.78, 5) is 9.57. The van der Waals surface area contributed by atoms with Crippen LogP contribution in [0.15, 0.2) is 200 Å². The Morgan fingerprint density at radius 2 is 1.02 bits per heavy atom. The third-order valence-corrected chi connectivity index (χ3v) is 10.7. The fraction of sp³-hybridized carbons (Fsp3) is 0.0196. The molecule has 0 atom stereocenters. The van der Waals surface area contributed by atoms with Gasteiger partial charge in [-0.2, -0.15) is 5.26 Å². The summed E-state index contributed by atoms with van der Waals surface area (Å²) in [5, 5.41) is 12.1. The number of hydrogen-bond acceptors (Lipinski definition) is 4. The molecule has 264 valence electrons. The van der Waals surface area contributed by atoms with Gasteiger partial charge in [0.25, 0.3) is 0 Å². The molecule has 0 N–H and O–H groups in total. The lowest BCUT2D eigenvalue weighted by molar-refractivity contribution is 0.991. The number of benzene rings is 7. The molecule has 0 saturated carbocycles. The molecule has 0 radical (unpaired) electrons. The van der Waals surface area contributed by atoms with Gasteiger partial charge in [0.2, 0.25) is 0 Å². The summed E-state index contributed by atoms with van der Waals surface area (Å²) in [5.41, 5.74) is 13.9. The third-order valence-electron chi connectivity index (χ3n) is 10.7. The summed E-state index contributed by atoms with van der Waals surface area (Å²) in [7, 11) is 0. The van der Waals surface area contributed by atoms with Crippen LogP contribution in [0.2, 0.25) is 0 Å². The van der Waals surface area contributed by atoms with Gasteiger partial charge in [-0.05, 0) is 94.1 Å². The largest absolute Gasteiger partial charge is 0.321 e. The minimum atomic E-state index is 0.569. The van der Waals surface area contributed by atoms with E-state index in [0.29, 0.717) is 18.1 Å². The first-order valence-corrected chi connectivity index (χ1v) is 18.8. The number of pyridine rings is 1. The Labute approximate surface area is 325 Å². The zero-order valence-electron chi connectivity index (χ0n) is 30.5. The van der Waals surface area contributed by atoms with Crippen molar-refractivity contribution in [2.75, 3.05) is 16.5 Å². The quantitative estimate of drug-likeness (QED) is 0.154. The Bertz CT molecular complexity index is 2920. The lowest BCUT2D eigenvalue weighted by Crippen LogP contribution is -2.23. The topological polar surface area (TPSA) is 48.1 Å². The molecule has 3 heterocycles. The summed E-state index contributed by atoms with van der Waals surface area (Å²) in [5.74, 6) is 0.710. The predicted octanol–water partition coefficient (Wildman–Crippen LogP) is 12.3. The molecule has 0 unspecified atom stereocenters. The average Bonchev–Trinajstić information content (AvgIpc) is 3.83. The summed E-state index contributed by atoms with van der Waals surface area (Å²) in [6.07, 6.45) is 1.72. The van der Waals surface area contributed by atoms with E-state index in [0.717, 1.165) is 66.6 Å². The van der Waals surface area contributed by atoms with Crippen molar-refractivity contribution < 1.29 is 0 Å². The third kappa shape index (κ3) is 5.69. The van der Waals surface area contributed by atoms with Gasteiger partial charge in [0.05, 0.1) is 34.0 Å². The Hall–Kier alpha value is -7.68. The number of rotatable bonds is 7. The van der Waals surface area contributed by atoms with Crippen LogP contribution < -0.4 is 9.80 Å². The minimum absolute atomic E-state index is 0.569. The molecule has 1 aliphatic heterocycles. The summed E-state index contributed by atoms with van der Waals surface area (Å²) >= 11 is 0. The molecule has 0 spiro atoms. The highest BCUT2D eigenvalue weighted by Gasteiger charge is 2.28. The fourth-order valence-electron chi connectivity index (χ4n) is 8.20. The van der Waals surface area contributed by atoms with Crippen molar-refractivity contribution in [1.29, 1.82) is 5.26 Å². The second-order valence-electron chi connectivity index (χ2n) is 14.0. The van der Waals surface area contributed by atoms with Crippen LogP contribution in [-0.4, -0.2) is 16.2 Å². The zero-order chi connectivity index (χ0) is 37.4. The van der Waals surface area contributed by atoms with Gasteiger partial charge in [-0.25, -0.2) is 4.98 Å². The summed E-state index contributed by atoms with van der Waals surface area (Å²) in [6.45, 7) is 0.691. The lowest BCUT2D eigenvalue weighted by atomic mass is 9.85. The number of anilines is 4. The maximum Gasteiger partial charge on any atom is 0.138 e. The van der Waals surface area contributed by atoms with Crippen molar-refractivity contribution in [1.82, 2.24) is 9.55 Å². The van der Waals surface area contributed by atoms with E-state index >= 15 is 0 Å². The predicted molar refractivity (Wildman–Crippen MR) is 230 cm³/mol. The zero-order valence-corrected chi connectivity index (χ0v) is 30.5. The molecule has 10 rings (SSSR count).